The molecule has 0 spiro atoms. The van der Waals surface area contributed by atoms with Gasteiger partial charge in [-0.15, -0.1) is 0 Å². The van der Waals surface area contributed by atoms with E-state index in [1.165, 1.54) is 0 Å². The summed E-state index contributed by atoms with van der Waals surface area (Å²) < 4.78 is 2.02. The first-order valence-electron chi connectivity index (χ1n) is 6.15. The zero-order valence-corrected chi connectivity index (χ0v) is 11.6. The van der Waals surface area contributed by atoms with Gasteiger partial charge in [0.1, 0.15) is 11.3 Å². The van der Waals surface area contributed by atoms with Crippen LogP contribution in [0, 0.1) is 18.3 Å². The maximum absolute atomic E-state index is 8.86. The van der Waals surface area contributed by atoms with Crippen LogP contribution >= 0.6 is 11.6 Å². The molecule has 0 aliphatic heterocycles. The highest BCUT2D eigenvalue weighted by atomic mass is 35.5. The van der Waals surface area contributed by atoms with Crippen LogP contribution in [0.2, 0.25) is 5.02 Å². The molecule has 1 aromatic carbocycles. The van der Waals surface area contributed by atoms with Gasteiger partial charge in [0.2, 0.25) is 0 Å². The summed E-state index contributed by atoms with van der Waals surface area (Å²) in [4.78, 5) is 8.84. The van der Waals surface area contributed by atoms with Crippen molar-refractivity contribution in [1.82, 2.24) is 14.5 Å². The Morgan fingerprint density at radius 1 is 1.35 bits per heavy atom. The molecule has 98 valence electrons. The molecule has 0 bridgehead atoms. The Balaban J connectivity index is 2.06. The molecule has 0 radical (unpaired) electrons. The molecular weight excluding hydrogens is 272 g/mol. The van der Waals surface area contributed by atoms with Crippen LogP contribution < -0.4 is 0 Å². The molecule has 0 atom stereocenters. The summed E-state index contributed by atoms with van der Waals surface area (Å²) in [5.74, 6) is 0.888. The molecule has 0 N–H and O–H groups in total. The van der Waals surface area contributed by atoms with Crippen LogP contribution in [0.3, 0.4) is 0 Å². The Kier molecular flexibility index (Phi) is 3.13. The number of hydrogen-bond acceptors (Lipinski definition) is 3. The van der Waals surface area contributed by atoms with Crippen molar-refractivity contribution in [3.8, 4) is 6.07 Å². The van der Waals surface area contributed by atoms with E-state index in [4.69, 9.17) is 16.9 Å². The highest BCUT2D eigenvalue weighted by molar-refractivity contribution is 6.31. The first-order valence-corrected chi connectivity index (χ1v) is 6.53. The van der Waals surface area contributed by atoms with Gasteiger partial charge in [0.05, 0.1) is 18.2 Å². The molecule has 0 fully saturated rings. The monoisotopic (exact) mass is 282 g/mol. The normalized spacial score (nSPS) is 10.7. The topological polar surface area (TPSA) is 54.5 Å². The number of imidazole rings is 1. The smallest absolute Gasteiger partial charge is 0.160 e. The van der Waals surface area contributed by atoms with Gasteiger partial charge in [-0.3, -0.25) is 0 Å². The summed E-state index contributed by atoms with van der Waals surface area (Å²) in [6, 6.07) is 11.2. The number of hydrogen-bond donors (Lipinski definition) is 0. The third kappa shape index (κ3) is 2.13. The molecule has 0 saturated carbocycles. The molecule has 0 amide bonds. The van der Waals surface area contributed by atoms with Gasteiger partial charge < -0.3 is 4.57 Å². The summed E-state index contributed by atoms with van der Waals surface area (Å²) in [5.41, 5.74) is 3.21. The Hall–Kier alpha value is -2.38. The number of rotatable bonds is 2. The van der Waals surface area contributed by atoms with Crippen molar-refractivity contribution in [1.29, 1.82) is 5.26 Å². The molecule has 3 aromatic rings. The average Bonchev–Trinajstić information content (AvgIpc) is 2.77. The minimum atomic E-state index is 0.559. The summed E-state index contributed by atoms with van der Waals surface area (Å²) in [6.45, 7) is 2.53. The fourth-order valence-corrected chi connectivity index (χ4v) is 2.42. The van der Waals surface area contributed by atoms with E-state index in [0.29, 0.717) is 17.1 Å². The number of aryl methyl sites for hydroxylation is 1. The van der Waals surface area contributed by atoms with Crippen molar-refractivity contribution in [2.24, 2.45) is 0 Å². The first-order chi connectivity index (χ1) is 9.69. The van der Waals surface area contributed by atoms with Crippen LogP contribution in [0.1, 0.15) is 17.0 Å². The van der Waals surface area contributed by atoms with Crippen molar-refractivity contribution in [3.05, 3.63) is 58.5 Å². The minimum Gasteiger partial charge on any atom is -0.308 e. The predicted molar refractivity (Wildman–Crippen MR) is 77.5 cm³/mol. The van der Waals surface area contributed by atoms with Gasteiger partial charge in [-0.25, -0.2) is 9.97 Å². The lowest BCUT2D eigenvalue weighted by Gasteiger charge is -2.08. The van der Waals surface area contributed by atoms with E-state index in [2.05, 4.69) is 16.0 Å². The second-order valence-electron chi connectivity index (χ2n) is 4.51. The Labute approximate surface area is 121 Å². The van der Waals surface area contributed by atoms with Gasteiger partial charge >= 0.3 is 0 Å². The molecule has 5 heteroatoms. The molecule has 0 aliphatic carbocycles. The predicted octanol–water partition coefficient (Wildman–Crippen LogP) is 3.31. The SMILES string of the molecule is Cc1nc2cccnc2n1Cc1ccc(C#N)cc1Cl. The van der Waals surface area contributed by atoms with Crippen molar-refractivity contribution in [2.45, 2.75) is 13.5 Å². The molecule has 2 heterocycles. The second kappa shape index (κ2) is 4.95. The summed E-state index contributed by atoms with van der Waals surface area (Å²) in [7, 11) is 0. The molecule has 3 rings (SSSR count). The van der Waals surface area contributed by atoms with Crippen molar-refractivity contribution in [3.63, 3.8) is 0 Å². The standard InChI is InChI=1S/C15H11ClN4/c1-10-19-14-3-2-6-18-15(14)20(10)9-12-5-4-11(8-17)7-13(12)16/h2-7H,9H2,1H3. The van der Waals surface area contributed by atoms with Crippen molar-refractivity contribution < 1.29 is 0 Å². The number of aromatic nitrogens is 3. The molecular formula is C15H11ClN4. The van der Waals surface area contributed by atoms with E-state index < -0.39 is 0 Å². The maximum atomic E-state index is 8.86. The van der Waals surface area contributed by atoms with E-state index >= 15 is 0 Å². The Morgan fingerprint density at radius 2 is 2.20 bits per heavy atom. The number of nitriles is 1. The average molecular weight is 283 g/mol. The van der Waals surface area contributed by atoms with Gasteiger partial charge in [0, 0.05) is 11.2 Å². The molecule has 0 saturated heterocycles. The molecule has 0 aliphatic rings. The van der Waals surface area contributed by atoms with Crippen molar-refractivity contribution in [2.75, 3.05) is 0 Å². The van der Waals surface area contributed by atoms with Crippen molar-refractivity contribution >= 4 is 22.8 Å². The number of nitrogens with zero attached hydrogens (tertiary/aromatic N) is 4. The lowest BCUT2D eigenvalue weighted by molar-refractivity contribution is 0.777. The van der Waals surface area contributed by atoms with E-state index in [1.54, 1.807) is 18.3 Å². The lowest BCUT2D eigenvalue weighted by Crippen LogP contribution is -2.03. The number of pyridine rings is 1. The van der Waals surface area contributed by atoms with E-state index in [0.717, 1.165) is 22.6 Å². The van der Waals surface area contributed by atoms with Crippen LogP contribution in [0.25, 0.3) is 11.2 Å². The molecule has 0 unspecified atom stereocenters. The largest absolute Gasteiger partial charge is 0.308 e. The Bertz CT molecular complexity index is 829. The lowest BCUT2D eigenvalue weighted by atomic mass is 10.1. The number of benzene rings is 1. The third-order valence-corrected chi connectivity index (χ3v) is 3.56. The van der Waals surface area contributed by atoms with Crippen LogP contribution in [-0.4, -0.2) is 14.5 Å². The quantitative estimate of drug-likeness (QED) is 0.724. The Morgan fingerprint density at radius 3 is 2.95 bits per heavy atom. The maximum Gasteiger partial charge on any atom is 0.160 e. The summed E-state index contributed by atoms with van der Waals surface area (Å²) in [6.07, 6.45) is 1.75. The van der Waals surface area contributed by atoms with Crippen LogP contribution in [0.5, 0.6) is 0 Å². The van der Waals surface area contributed by atoms with E-state index in [9.17, 15) is 0 Å². The van der Waals surface area contributed by atoms with Gasteiger partial charge in [0.15, 0.2) is 5.65 Å². The number of halogens is 1. The third-order valence-electron chi connectivity index (χ3n) is 3.21. The second-order valence-corrected chi connectivity index (χ2v) is 4.92. The van der Waals surface area contributed by atoms with Crippen LogP contribution in [0.4, 0.5) is 0 Å². The highest BCUT2D eigenvalue weighted by Crippen LogP contribution is 2.21. The van der Waals surface area contributed by atoms with Gasteiger partial charge in [0.25, 0.3) is 0 Å². The first kappa shape index (κ1) is 12.6. The summed E-state index contributed by atoms with van der Waals surface area (Å²) in [5, 5.41) is 9.45. The zero-order valence-electron chi connectivity index (χ0n) is 10.8. The fraction of sp³-hybridized carbons (Fsp3) is 0.133. The minimum absolute atomic E-state index is 0.559. The van der Waals surface area contributed by atoms with E-state index in [-0.39, 0.29) is 0 Å². The van der Waals surface area contributed by atoms with Gasteiger partial charge in [-0.1, -0.05) is 17.7 Å². The fourth-order valence-electron chi connectivity index (χ4n) is 2.18. The van der Waals surface area contributed by atoms with Gasteiger partial charge in [-0.05, 0) is 36.8 Å². The summed E-state index contributed by atoms with van der Waals surface area (Å²) >= 11 is 6.22. The van der Waals surface area contributed by atoms with Gasteiger partial charge in [-0.2, -0.15) is 5.26 Å². The highest BCUT2D eigenvalue weighted by Gasteiger charge is 2.10. The van der Waals surface area contributed by atoms with E-state index in [1.807, 2.05) is 29.7 Å². The number of fused-ring (bicyclic) bond motifs is 1. The van der Waals surface area contributed by atoms with Crippen LogP contribution in [-0.2, 0) is 6.54 Å². The molecule has 2 aromatic heterocycles. The van der Waals surface area contributed by atoms with Crippen LogP contribution in [0.15, 0.2) is 36.5 Å². The molecule has 4 nitrogen and oxygen atoms in total. The molecule has 20 heavy (non-hydrogen) atoms. The zero-order chi connectivity index (χ0) is 14.1.